The zero-order valence-corrected chi connectivity index (χ0v) is 15.0. The predicted molar refractivity (Wildman–Crippen MR) is 95.0 cm³/mol. The molecule has 2 aromatic heterocycles. The summed E-state index contributed by atoms with van der Waals surface area (Å²) in [6.07, 6.45) is 6.82. The van der Waals surface area contributed by atoms with Gasteiger partial charge in [0.15, 0.2) is 0 Å². The third-order valence-corrected chi connectivity index (χ3v) is 3.91. The second-order valence-corrected chi connectivity index (χ2v) is 6.95. The lowest BCUT2D eigenvalue weighted by Crippen LogP contribution is -2.33. The standard InChI is InChI=1S/C17H16BrN3O3/c1-10(22)20-13-6-11(18)9-21(16(13)23)14-7-17(2,3)24-15-8-19-5-4-12(14)15/h4-9H,1-3H3,(H,20,22). The molecule has 0 spiro atoms. The van der Waals surface area contributed by atoms with Crippen LogP contribution in [0.1, 0.15) is 26.3 Å². The molecule has 0 fully saturated rings. The van der Waals surface area contributed by atoms with Crippen LogP contribution in [-0.2, 0) is 4.79 Å². The first kappa shape index (κ1) is 16.4. The molecule has 0 atom stereocenters. The second-order valence-electron chi connectivity index (χ2n) is 6.04. The lowest BCUT2D eigenvalue weighted by Gasteiger charge is -2.31. The quantitative estimate of drug-likeness (QED) is 0.856. The summed E-state index contributed by atoms with van der Waals surface area (Å²) in [5.41, 5.74) is 0.735. The number of fused-ring (bicyclic) bond motifs is 1. The molecule has 0 aromatic carbocycles. The first-order valence-corrected chi connectivity index (χ1v) is 8.12. The molecule has 0 radical (unpaired) electrons. The molecule has 2 aromatic rings. The Morgan fingerprint density at radius 1 is 1.42 bits per heavy atom. The van der Waals surface area contributed by atoms with Crippen LogP contribution in [0, 0.1) is 0 Å². The summed E-state index contributed by atoms with van der Waals surface area (Å²) in [4.78, 5) is 28.2. The van der Waals surface area contributed by atoms with Crippen LogP contribution < -0.4 is 15.6 Å². The Morgan fingerprint density at radius 2 is 2.17 bits per heavy atom. The van der Waals surface area contributed by atoms with Gasteiger partial charge in [-0.3, -0.25) is 19.1 Å². The van der Waals surface area contributed by atoms with Gasteiger partial charge in [0, 0.05) is 29.4 Å². The molecule has 24 heavy (non-hydrogen) atoms. The lowest BCUT2D eigenvalue weighted by atomic mass is 10.00. The van der Waals surface area contributed by atoms with Gasteiger partial charge >= 0.3 is 0 Å². The van der Waals surface area contributed by atoms with Crippen molar-refractivity contribution in [1.82, 2.24) is 9.55 Å². The number of hydrogen-bond donors (Lipinski definition) is 1. The van der Waals surface area contributed by atoms with Crippen molar-refractivity contribution in [3.8, 4) is 5.75 Å². The number of anilines is 1. The van der Waals surface area contributed by atoms with Crippen LogP contribution >= 0.6 is 15.9 Å². The van der Waals surface area contributed by atoms with Gasteiger partial charge in [-0.15, -0.1) is 0 Å². The number of halogens is 1. The number of amides is 1. The number of ether oxygens (including phenoxy) is 1. The van der Waals surface area contributed by atoms with Gasteiger partial charge in [0.25, 0.3) is 5.56 Å². The van der Waals surface area contributed by atoms with Crippen LogP contribution in [-0.4, -0.2) is 21.1 Å². The van der Waals surface area contributed by atoms with Crippen molar-refractivity contribution < 1.29 is 9.53 Å². The van der Waals surface area contributed by atoms with Crippen LogP contribution in [0.25, 0.3) is 5.70 Å². The minimum absolute atomic E-state index is 0.206. The van der Waals surface area contributed by atoms with Crippen molar-refractivity contribution in [2.45, 2.75) is 26.4 Å². The van der Waals surface area contributed by atoms with E-state index in [1.54, 1.807) is 30.7 Å². The number of rotatable bonds is 2. The van der Waals surface area contributed by atoms with Gasteiger partial charge < -0.3 is 10.1 Å². The monoisotopic (exact) mass is 389 g/mol. The smallest absolute Gasteiger partial charge is 0.278 e. The van der Waals surface area contributed by atoms with Gasteiger partial charge in [-0.25, -0.2) is 0 Å². The van der Waals surface area contributed by atoms with E-state index >= 15 is 0 Å². The molecule has 1 aliphatic heterocycles. The zero-order valence-electron chi connectivity index (χ0n) is 13.5. The summed E-state index contributed by atoms with van der Waals surface area (Å²) in [5, 5.41) is 2.56. The first-order chi connectivity index (χ1) is 11.3. The van der Waals surface area contributed by atoms with Crippen molar-refractivity contribution in [2.75, 3.05) is 5.32 Å². The lowest BCUT2D eigenvalue weighted by molar-refractivity contribution is -0.114. The number of nitrogens with zero attached hydrogens (tertiary/aromatic N) is 2. The molecule has 0 bridgehead atoms. The molecule has 3 heterocycles. The minimum atomic E-state index is -0.596. The van der Waals surface area contributed by atoms with Gasteiger partial charge in [0.2, 0.25) is 5.91 Å². The molecule has 6 nitrogen and oxygen atoms in total. The molecule has 0 saturated carbocycles. The van der Waals surface area contributed by atoms with Gasteiger partial charge in [-0.1, -0.05) is 0 Å². The van der Waals surface area contributed by atoms with Gasteiger partial charge in [0.1, 0.15) is 17.0 Å². The van der Waals surface area contributed by atoms with E-state index < -0.39 is 5.60 Å². The van der Waals surface area contributed by atoms with Crippen molar-refractivity contribution in [3.63, 3.8) is 0 Å². The van der Waals surface area contributed by atoms with E-state index in [2.05, 4.69) is 26.2 Å². The highest BCUT2D eigenvalue weighted by atomic mass is 79.9. The molecule has 1 N–H and O–H groups in total. The molecule has 0 saturated heterocycles. The molecule has 3 rings (SSSR count). The van der Waals surface area contributed by atoms with Crippen LogP contribution in [0.2, 0.25) is 0 Å². The van der Waals surface area contributed by atoms with Gasteiger partial charge in [0.05, 0.1) is 11.9 Å². The number of carbonyl (C=O) groups is 1. The third kappa shape index (κ3) is 3.12. The van der Waals surface area contributed by atoms with Crippen molar-refractivity contribution >= 4 is 33.2 Å². The molecular formula is C17H16BrN3O3. The Balaban J connectivity index is 2.24. The van der Waals surface area contributed by atoms with E-state index in [9.17, 15) is 9.59 Å². The van der Waals surface area contributed by atoms with E-state index in [1.165, 1.54) is 11.5 Å². The highest BCUT2D eigenvalue weighted by molar-refractivity contribution is 9.10. The van der Waals surface area contributed by atoms with E-state index in [0.29, 0.717) is 15.9 Å². The Morgan fingerprint density at radius 3 is 2.88 bits per heavy atom. The van der Waals surface area contributed by atoms with Crippen LogP contribution in [0.3, 0.4) is 0 Å². The van der Waals surface area contributed by atoms with Gasteiger partial charge in [-0.05, 0) is 48.0 Å². The Kier molecular flexibility index (Phi) is 4.04. The molecule has 1 amide bonds. The van der Waals surface area contributed by atoms with E-state index in [4.69, 9.17) is 4.74 Å². The fraction of sp³-hybridized carbons (Fsp3) is 0.235. The molecule has 0 unspecified atom stereocenters. The normalized spacial score (nSPS) is 15.1. The molecule has 124 valence electrons. The van der Waals surface area contributed by atoms with E-state index in [1.807, 2.05) is 19.9 Å². The fourth-order valence-corrected chi connectivity index (χ4v) is 3.03. The number of aromatic nitrogens is 2. The zero-order chi connectivity index (χ0) is 17.5. The second kappa shape index (κ2) is 5.90. The van der Waals surface area contributed by atoms with Crippen LogP contribution in [0.4, 0.5) is 5.69 Å². The molecule has 0 aliphatic carbocycles. The number of pyridine rings is 2. The Bertz CT molecular complexity index is 916. The molecular weight excluding hydrogens is 374 g/mol. The summed E-state index contributed by atoms with van der Waals surface area (Å²) in [6, 6.07) is 3.38. The van der Waals surface area contributed by atoms with Crippen molar-refractivity contribution in [2.24, 2.45) is 0 Å². The minimum Gasteiger partial charge on any atom is -0.481 e. The SMILES string of the molecule is CC(=O)Nc1cc(Br)cn(C2=CC(C)(C)Oc3cnccc32)c1=O. The van der Waals surface area contributed by atoms with Crippen LogP contribution in [0.15, 0.2) is 46.1 Å². The molecule has 1 aliphatic rings. The predicted octanol–water partition coefficient (Wildman–Crippen LogP) is 3.02. The highest BCUT2D eigenvalue weighted by Gasteiger charge is 2.28. The maximum atomic E-state index is 12.8. The average molecular weight is 390 g/mol. The summed E-state index contributed by atoms with van der Waals surface area (Å²) in [7, 11) is 0. The van der Waals surface area contributed by atoms with Crippen molar-refractivity contribution in [1.29, 1.82) is 0 Å². The maximum Gasteiger partial charge on any atom is 0.278 e. The van der Waals surface area contributed by atoms with Crippen molar-refractivity contribution in [3.05, 3.63) is 57.2 Å². The fourth-order valence-electron chi connectivity index (χ4n) is 2.60. The largest absolute Gasteiger partial charge is 0.481 e. The summed E-state index contributed by atoms with van der Waals surface area (Å²) in [5.74, 6) is 0.301. The highest BCUT2D eigenvalue weighted by Crippen LogP contribution is 2.35. The Labute approximate surface area is 147 Å². The number of nitrogens with one attached hydrogen (secondary N) is 1. The van der Waals surface area contributed by atoms with Gasteiger partial charge in [-0.2, -0.15) is 0 Å². The summed E-state index contributed by atoms with van der Waals surface area (Å²) < 4.78 is 8.07. The molecule has 7 heteroatoms. The topological polar surface area (TPSA) is 73.2 Å². The van der Waals surface area contributed by atoms with Crippen LogP contribution in [0.5, 0.6) is 5.75 Å². The third-order valence-electron chi connectivity index (χ3n) is 3.47. The first-order valence-electron chi connectivity index (χ1n) is 7.33. The summed E-state index contributed by atoms with van der Waals surface area (Å²) in [6.45, 7) is 5.17. The Hall–Kier alpha value is -2.41. The average Bonchev–Trinajstić information content (AvgIpc) is 2.48. The maximum absolute atomic E-state index is 12.8. The number of hydrogen-bond acceptors (Lipinski definition) is 4. The summed E-state index contributed by atoms with van der Waals surface area (Å²) >= 11 is 3.39. The van der Waals surface area contributed by atoms with E-state index in [-0.39, 0.29) is 17.2 Å². The van der Waals surface area contributed by atoms with E-state index in [0.717, 1.165) is 5.56 Å². The number of carbonyl (C=O) groups excluding carboxylic acids is 1.